The lowest BCUT2D eigenvalue weighted by Gasteiger charge is -2.17. The summed E-state index contributed by atoms with van der Waals surface area (Å²) >= 11 is 7.78. The summed E-state index contributed by atoms with van der Waals surface area (Å²) in [5.41, 5.74) is 1.14. The summed E-state index contributed by atoms with van der Waals surface area (Å²) in [6.07, 6.45) is 5.96. The van der Waals surface area contributed by atoms with E-state index in [0.29, 0.717) is 5.88 Å². The second-order valence-corrected chi connectivity index (χ2v) is 6.10. The minimum atomic E-state index is 0.530. The average molecular weight is 284 g/mol. The number of alkyl halides is 1. The van der Waals surface area contributed by atoms with E-state index in [9.17, 15) is 0 Å². The smallest absolute Gasteiger partial charge is 0.195 e. The summed E-state index contributed by atoms with van der Waals surface area (Å²) < 4.78 is 2.13. The Balaban J connectivity index is 1.88. The molecule has 0 aromatic carbocycles. The van der Waals surface area contributed by atoms with Gasteiger partial charge in [-0.3, -0.25) is 4.40 Å². The van der Waals surface area contributed by atoms with Crippen molar-refractivity contribution in [3.63, 3.8) is 0 Å². The number of thiazole rings is 1. The average Bonchev–Trinajstić information content (AvgIpc) is 3.01. The maximum Gasteiger partial charge on any atom is 0.195 e. The van der Waals surface area contributed by atoms with Gasteiger partial charge < -0.3 is 4.90 Å². The van der Waals surface area contributed by atoms with Crippen molar-refractivity contribution in [2.45, 2.75) is 32.1 Å². The van der Waals surface area contributed by atoms with Gasteiger partial charge in [-0.15, -0.1) is 22.9 Å². The van der Waals surface area contributed by atoms with Crippen molar-refractivity contribution >= 4 is 33.7 Å². The summed E-state index contributed by atoms with van der Waals surface area (Å²) in [6, 6.07) is 0. The molecule has 1 aliphatic heterocycles. The molecule has 0 aliphatic carbocycles. The normalized spacial score (nSPS) is 20.1. The first-order valence-corrected chi connectivity index (χ1v) is 8.00. The highest BCUT2D eigenvalue weighted by atomic mass is 35.5. The number of aromatic nitrogens is 2. The number of imidazole rings is 1. The minimum absolute atomic E-state index is 0.530. The van der Waals surface area contributed by atoms with E-state index in [1.807, 2.05) is 0 Å². The van der Waals surface area contributed by atoms with Gasteiger partial charge in [0.15, 0.2) is 10.8 Å². The molecule has 3 rings (SSSR count). The second kappa shape index (κ2) is 5.10. The monoisotopic (exact) mass is 283 g/mol. The number of rotatable bonds is 4. The summed E-state index contributed by atoms with van der Waals surface area (Å²) in [4.78, 5) is 8.21. The van der Waals surface area contributed by atoms with Gasteiger partial charge in [-0.1, -0.05) is 13.3 Å². The van der Waals surface area contributed by atoms with Gasteiger partial charge in [-0.25, -0.2) is 4.98 Å². The fourth-order valence-corrected chi connectivity index (χ4v) is 3.84. The predicted octanol–water partition coefficient (Wildman–Crippen LogP) is 3.76. The molecular formula is C13H18ClN3S. The molecule has 2 aromatic heterocycles. The van der Waals surface area contributed by atoms with Crippen molar-refractivity contribution in [2.75, 3.05) is 18.0 Å². The van der Waals surface area contributed by atoms with E-state index in [2.05, 4.69) is 27.8 Å². The van der Waals surface area contributed by atoms with Gasteiger partial charge in [0, 0.05) is 24.7 Å². The van der Waals surface area contributed by atoms with Gasteiger partial charge in [0.05, 0.1) is 11.6 Å². The highest BCUT2D eigenvalue weighted by Gasteiger charge is 2.26. The van der Waals surface area contributed by atoms with E-state index in [1.54, 1.807) is 11.3 Å². The molecule has 3 heterocycles. The molecule has 0 N–H and O–H groups in total. The molecule has 1 atom stereocenters. The molecule has 1 aliphatic rings. The topological polar surface area (TPSA) is 20.5 Å². The van der Waals surface area contributed by atoms with Crippen LogP contribution >= 0.6 is 22.9 Å². The molecule has 1 saturated heterocycles. The Kier molecular flexibility index (Phi) is 3.48. The molecule has 18 heavy (non-hydrogen) atoms. The third-order valence-corrected chi connectivity index (χ3v) is 4.76. The Morgan fingerprint density at radius 1 is 1.56 bits per heavy atom. The Hall–Kier alpha value is -0.740. The number of halogens is 1. The van der Waals surface area contributed by atoms with E-state index < -0.39 is 0 Å². The van der Waals surface area contributed by atoms with Crippen molar-refractivity contribution in [2.24, 2.45) is 5.92 Å². The number of hydrogen-bond donors (Lipinski definition) is 0. The first-order valence-electron chi connectivity index (χ1n) is 6.58. The quantitative estimate of drug-likeness (QED) is 0.797. The fourth-order valence-electron chi connectivity index (χ4n) is 2.87. The van der Waals surface area contributed by atoms with Crippen LogP contribution < -0.4 is 4.90 Å². The standard InChI is InChI=1S/C13H18ClN3S/c1-2-3-10-4-5-16(9-10)12-11(8-14)17-6-7-18-13(17)15-12/h6-7,10H,2-5,8-9H2,1H3. The van der Waals surface area contributed by atoms with Gasteiger partial charge in [0.25, 0.3) is 0 Å². The molecular weight excluding hydrogens is 266 g/mol. The Morgan fingerprint density at radius 2 is 2.44 bits per heavy atom. The number of nitrogens with zero attached hydrogens (tertiary/aromatic N) is 3. The summed E-state index contributed by atoms with van der Waals surface area (Å²) in [7, 11) is 0. The number of hydrogen-bond acceptors (Lipinski definition) is 3. The maximum atomic E-state index is 6.10. The van der Waals surface area contributed by atoms with E-state index >= 15 is 0 Å². The maximum absolute atomic E-state index is 6.10. The van der Waals surface area contributed by atoms with Crippen molar-refractivity contribution in [1.82, 2.24) is 9.38 Å². The first kappa shape index (κ1) is 12.3. The molecule has 0 radical (unpaired) electrons. The number of anilines is 1. The predicted molar refractivity (Wildman–Crippen MR) is 77.9 cm³/mol. The minimum Gasteiger partial charge on any atom is -0.355 e. The highest BCUT2D eigenvalue weighted by molar-refractivity contribution is 7.15. The molecule has 1 unspecified atom stereocenters. The molecule has 0 saturated carbocycles. The van der Waals surface area contributed by atoms with Gasteiger partial charge in [-0.05, 0) is 18.8 Å². The molecule has 2 aromatic rings. The van der Waals surface area contributed by atoms with E-state index in [-0.39, 0.29) is 0 Å². The fraction of sp³-hybridized carbons (Fsp3) is 0.615. The Labute approximate surface area is 116 Å². The molecule has 5 heteroatoms. The van der Waals surface area contributed by atoms with E-state index in [4.69, 9.17) is 16.6 Å². The van der Waals surface area contributed by atoms with Gasteiger partial charge >= 0.3 is 0 Å². The SMILES string of the molecule is CCCC1CCN(c2nc3sccn3c2CCl)C1. The lowest BCUT2D eigenvalue weighted by molar-refractivity contribution is 0.529. The largest absolute Gasteiger partial charge is 0.355 e. The van der Waals surface area contributed by atoms with E-state index in [0.717, 1.165) is 35.5 Å². The van der Waals surface area contributed by atoms with Crippen LogP contribution in [-0.4, -0.2) is 22.5 Å². The van der Waals surface area contributed by atoms with Gasteiger partial charge in [-0.2, -0.15) is 0 Å². The third-order valence-electron chi connectivity index (χ3n) is 3.75. The molecule has 0 bridgehead atoms. The molecule has 0 spiro atoms. The number of fused-ring (bicyclic) bond motifs is 1. The molecule has 1 fully saturated rings. The van der Waals surface area contributed by atoms with Gasteiger partial charge in [0.1, 0.15) is 0 Å². The first-order chi connectivity index (χ1) is 8.83. The summed E-state index contributed by atoms with van der Waals surface area (Å²) in [5.74, 6) is 2.47. The molecule has 3 nitrogen and oxygen atoms in total. The van der Waals surface area contributed by atoms with Crippen molar-refractivity contribution in [3.8, 4) is 0 Å². The van der Waals surface area contributed by atoms with Gasteiger partial charge in [0.2, 0.25) is 0 Å². The van der Waals surface area contributed by atoms with Crippen molar-refractivity contribution in [3.05, 3.63) is 17.3 Å². The Bertz CT molecular complexity index is 533. The molecule has 98 valence electrons. The van der Waals surface area contributed by atoms with Crippen molar-refractivity contribution < 1.29 is 0 Å². The van der Waals surface area contributed by atoms with Crippen LogP contribution in [0.2, 0.25) is 0 Å². The third kappa shape index (κ3) is 2.01. The zero-order chi connectivity index (χ0) is 12.5. The van der Waals surface area contributed by atoms with Crippen LogP contribution in [0.1, 0.15) is 31.9 Å². The van der Waals surface area contributed by atoms with Crippen LogP contribution in [0.5, 0.6) is 0 Å². The lowest BCUT2D eigenvalue weighted by Crippen LogP contribution is -2.21. The summed E-state index contributed by atoms with van der Waals surface area (Å²) in [6.45, 7) is 4.53. The van der Waals surface area contributed by atoms with Crippen LogP contribution in [0.15, 0.2) is 11.6 Å². The van der Waals surface area contributed by atoms with Crippen LogP contribution in [-0.2, 0) is 5.88 Å². The van der Waals surface area contributed by atoms with Crippen LogP contribution in [0.25, 0.3) is 4.96 Å². The van der Waals surface area contributed by atoms with Crippen LogP contribution in [0, 0.1) is 5.92 Å². The zero-order valence-electron chi connectivity index (χ0n) is 10.6. The Morgan fingerprint density at radius 3 is 3.22 bits per heavy atom. The van der Waals surface area contributed by atoms with Crippen LogP contribution in [0.3, 0.4) is 0 Å². The highest BCUT2D eigenvalue weighted by Crippen LogP contribution is 2.31. The summed E-state index contributed by atoms with van der Waals surface area (Å²) in [5, 5.41) is 2.06. The molecule has 0 amide bonds. The zero-order valence-corrected chi connectivity index (χ0v) is 12.2. The lowest BCUT2D eigenvalue weighted by atomic mass is 10.0. The second-order valence-electron chi connectivity index (χ2n) is 4.96. The van der Waals surface area contributed by atoms with Crippen LogP contribution in [0.4, 0.5) is 5.82 Å². The van der Waals surface area contributed by atoms with Crippen molar-refractivity contribution in [1.29, 1.82) is 0 Å². The van der Waals surface area contributed by atoms with E-state index in [1.165, 1.54) is 19.3 Å².